The highest BCUT2D eigenvalue weighted by Crippen LogP contribution is 2.30. The Morgan fingerprint density at radius 1 is 1.33 bits per heavy atom. The van der Waals surface area contributed by atoms with E-state index in [4.69, 9.17) is 9.47 Å². The molecule has 1 aliphatic rings. The first-order valence-corrected chi connectivity index (χ1v) is 7.41. The number of thioether (sulfide) groups is 1. The molecule has 1 aromatic heterocycles. The number of carbonyl (C=O) groups excluding carboxylic acids is 1. The van der Waals surface area contributed by atoms with Crippen LogP contribution < -0.4 is 4.74 Å². The lowest BCUT2D eigenvalue weighted by molar-refractivity contribution is -0.137. The highest BCUT2D eigenvalue weighted by molar-refractivity contribution is 7.99. The topological polar surface area (TPSA) is 66.2 Å². The number of rotatable bonds is 4. The third kappa shape index (κ3) is 2.87. The molecule has 7 heteroatoms. The number of nitrogens with zero attached hydrogens (tertiary/aromatic N) is 3. The summed E-state index contributed by atoms with van der Waals surface area (Å²) in [6.45, 7) is 0.439. The van der Waals surface area contributed by atoms with E-state index in [-0.39, 0.29) is 11.2 Å². The summed E-state index contributed by atoms with van der Waals surface area (Å²) in [5, 5.41) is 9.33. The van der Waals surface area contributed by atoms with E-state index in [2.05, 4.69) is 10.2 Å². The van der Waals surface area contributed by atoms with Crippen LogP contribution in [0.3, 0.4) is 0 Å². The van der Waals surface area contributed by atoms with Crippen LogP contribution in [0.25, 0.3) is 11.4 Å². The van der Waals surface area contributed by atoms with Crippen molar-refractivity contribution in [1.82, 2.24) is 14.8 Å². The molecule has 0 spiro atoms. The van der Waals surface area contributed by atoms with Crippen LogP contribution in [0.5, 0.6) is 5.75 Å². The van der Waals surface area contributed by atoms with Gasteiger partial charge in [-0.3, -0.25) is 4.79 Å². The van der Waals surface area contributed by atoms with E-state index in [9.17, 15) is 4.79 Å². The molecule has 0 aliphatic carbocycles. The molecular formula is C14H15N3O3S. The van der Waals surface area contributed by atoms with Gasteiger partial charge in [0.05, 0.1) is 18.8 Å². The summed E-state index contributed by atoms with van der Waals surface area (Å²) in [6.07, 6.45) is 0.426. The Bertz CT molecular complexity index is 654. The zero-order valence-electron chi connectivity index (χ0n) is 11.8. The Morgan fingerprint density at radius 3 is 2.71 bits per heavy atom. The van der Waals surface area contributed by atoms with Crippen LogP contribution >= 0.6 is 11.8 Å². The Balaban J connectivity index is 1.79. The lowest BCUT2D eigenvalue weighted by Crippen LogP contribution is -2.04. The minimum absolute atomic E-state index is 0.115. The van der Waals surface area contributed by atoms with E-state index in [0.717, 1.165) is 22.3 Å². The summed E-state index contributed by atoms with van der Waals surface area (Å²) in [5.74, 6) is 1.44. The van der Waals surface area contributed by atoms with E-state index in [1.54, 1.807) is 7.11 Å². The maximum atomic E-state index is 11.1. The molecule has 110 valence electrons. The summed E-state index contributed by atoms with van der Waals surface area (Å²) in [5.41, 5.74) is 0.969. The quantitative estimate of drug-likeness (QED) is 0.804. The van der Waals surface area contributed by atoms with E-state index in [0.29, 0.717) is 13.0 Å². The number of benzene rings is 1. The maximum absolute atomic E-state index is 11.1. The Labute approximate surface area is 126 Å². The van der Waals surface area contributed by atoms with Crippen molar-refractivity contribution in [3.63, 3.8) is 0 Å². The van der Waals surface area contributed by atoms with Crippen LogP contribution in [0.4, 0.5) is 0 Å². The molecule has 0 N–H and O–H groups in total. The van der Waals surface area contributed by atoms with Gasteiger partial charge in [-0.15, -0.1) is 10.2 Å². The standard InChI is InChI=1S/C14H15N3O3S/c1-17-13(9-3-5-10(19-2)6-4-9)15-16-14(17)21-11-7-12(18)20-8-11/h3-6,11H,7-8H2,1-2H3/t11-/m0/s1. The fourth-order valence-electron chi connectivity index (χ4n) is 2.12. The normalized spacial score (nSPS) is 17.8. The van der Waals surface area contributed by atoms with Crippen molar-refractivity contribution in [2.45, 2.75) is 16.8 Å². The van der Waals surface area contributed by atoms with Gasteiger partial charge in [0.15, 0.2) is 11.0 Å². The van der Waals surface area contributed by atoms with Crippen molar-refractivity contribution in [3.05, 3.63) is 24.3 Å². The first-order valence-electron chi connectivity index (χ1n) is 6.53. The maximum Gasteiger partial charge on any atom is 0.307 e. The molecule has 0 unspecified atom stereocenters. The van der Waals surface area contributed by atoms with Crippen LogP contribution in [-0.2, 0) is 16.6 Å². The smallest absolute Gasteiger partial charge is 0.307 e. The van der Waals surface area contributed by atoms with Crippen molar-refractivity contribution >= 4 is 17.7 Å². The molecule has 1 atom stereocenters. The van der Waals surface area contributed by atoms with Gasteiger partial charge in [0.1, 0.15) is 12.4 Å². The van der Waals surface area contributed by atoms with E-state index < -0.39 is 0 Å². The van der Waals surface area contributed by atoms with Gasteiger partial charge in [0.2, 0.25) is 0 Å². The Morgan fingerprint density at radius 2 is 2.10 bits per heavy atom. The van der Waals surface area contributed by atoms with Crippen molar-refractivity contribution in [1.29, 1.82) is 0 Å². The zero-order valence-corrected chi connectivity index (χ0v) is 12.6. The number of methoxy groups -OCH3 is 1. The first-order chi connectivity index (χ1) is 10.2. The number of hydrogen-bond donors (Lipinski definition) is 0. The highest BCUT2D eigenvalue weighted by Gasteiger charge is 2.26. The number of carbonyl (C=O) groups is 1. The predicted molar refractivity (Wildman–Crippen MR) is 78.2 cm³/mol. The summed E-state index contributed by atoms with van der Waals surface area (Å²) in [4.78, 5) is 11.1. The van der Waals surface area contributed by atoms with Gasteiger partial charge >= 0.3 is 5.97 Å². The highest BCUT2D eigenvalue weighted by atomic mass is 32.2. The van der Waals surface area contributed by atoms with Gasteiger partial charge in [0.25, 0.3) is 0 Å². The monoisotopic (exact) mass is 305 g/mol. The van der Waals surface area contributed by atoms with Gasteiger partial charge in [-0.1, -0.05) is 11.8 Å². The van der Waals surface area contributed by atoms with Crippen molar-refractivity contribution in [2.24, 2.45) is 7.05 Å². The van der Waals surface area contributed by atoms with Crippen LogP contribution in [0.1, 0.15) is 6.42 Å². The summed E-state index contributed by atoms with van der Waals surface area (Å²) in [7, 11) is 3.55. The van der Waals surface area contributed by atoms with Gasteiger partial charge in [-0.05, 0) is 24.3 Å². The van der Waals surface area contributed by atoms with Crippen LogP contribution in [0.2, 0.25) is 0 Å². The largest absolute Gasteiger partial charge is 0.497 e. The molecule has 2 heterocycles. The molecule has 6 nitrogen and oxygen atoms in total. The summed E-state index contributed by atoms with van der Waals surface area (Å²) < 4.78 is 12.0. The molecule has 1 aliphatic heterocycles. The SMILES string of the molecule is COc1ccc(-c2nnc(S[C@@H]3COC(=O)C3)n2C)cc1. The molecule has 0 radical (unpaired) electrons. The van der Waals surface area contributed by atoms with Crippen molar-refractivity contribution in [2.75, 3.05) is 13.7 Å². The lowest BCUT2D eigenvalue weighted by atomic mass is 10.2. The average Bonchev–Trinajstić information content (AvgIpc) is 3.07. The van der Waals surface area contributed by atoms with Gasteiger partial charge in [-0.25, -0.2) is 0 Å². The molecule has 21 heavy (non-hydrogen) atoms. The van der Waals surface area contributed by atoms with Crippen molar-refractivity contribution in [3.8, 4) is 17.1 Å². The lowest BCUT2D eigenvalue weighted by Gasteiger charge is -2.07. The molecule has 0 amide bonds. The Kier molecular flexibility index (Phi) is 3.83. The second-order valence-corrected chi connectivity index (χ2v) is 5.99. The molecule has 1 aromatic carbocycles. The van der Waals surface area contributed by atoms with Crippen LogP contribution in [0, 0.1) is 0 Å². The molecule has 1 saturated heterocycles. The van der Waals surface area contributed by atoms with Gasteiger partial charge in [0, 0.05) is 12.6 Å². The molecule has 2 aromatic rings. The third-order valence-corrected chi connectivity index (χ3v) is 4.48. The number of cyclic esters (lactones) is 1. The summed E-state index contributed by atoms with van der Waals surface area (Å²) >= 11 is 1.52. The average molecular weight is 305 g/mol. The molecule has 1 fully saturated rings. The number of aromatic nitrogens is 3. The Hall–Kier alpha value is -2.02. The summed E-state index contributed by atoms with van der Waals surface area (Å²) in [6, 6.07) is 7.67. The van der Waals surface area contributed by atoms with E-state index >= 15 is 0 Å². The fraction of sp³-hybridized carbons (Fsp3) is 0.357. The zero-order chi connectivity index (χ0) is 14.8. The first kappa shape index (κ1) is 13.9. The predicted octanol–water partition coefficient (Wildman–Crippen LogP) is 1.90. The number of ether oxygens (including phenoxy) is 2. The van der Waals surface area contributed by atoms with Gasteiger partial charge in [-0.2, -0.15) is 0 Å². The number of hydrogen-bond acceptors (Lipinski definition) is 6. The third-order valence-electron chi connectivity index (χ3n) is 3.28. The van der Waals surface area contributed by atoms with E-state index in [1.165, 1.54) is 11.8 Å². The van der Waals surface area contributed by atoms with E-state index in [1.807, 2.05) is 35.9 Å². The fourth-order valence-corrected chi connectivity index (χ4v) is 3.11. The molecule has 0 bridgehead atoms. The second kappa shape index (κ2) is 5.77. The van der Waals surface area contributed by atoms with Gasteiger partial charge < -0.3 is 14.0 Å². The minimum atomic E-state index is -0.148. The van der Waals surface area contributed by atoms with Crippen molar-refractivity contribution < 1.29 is 14.3 Å². The molecule has 3 rings (SSSR count). The van der Waals surface area contributed by atoms with Crippen LogP contribution in [-0.4, -0.2) is 39.7 Å². The second-order valence-electron chi connectivity index (χ2n) is 4.72. The molecular weight excluding hydrogens is 290 g/mol. The van der Waals surface area contributed by atoms with Crippen LogP contribution in [0.15, 0.2) is 29.4 Å². The number of esters is 1. The minimum Gasteiger partial charge on any atom is -0.497 e. The molecule has 0 saturated carbocycles.